The molecule has 0 saturated carbocycles. The zero-order chi connectivity index (χ0) is 20.8. The number of hydrogen-bond acceptors (Lipinski definition) is 4. The van der Waals surface area contributed by atoms with Crippen LogP contribution >= 0.6 is 0 Å². The highest BCUT2D eigenvalue weighted by atomic mass is 16.5. The number of H-pyrrole nitrogens is 1. The minimum Gasteiger partial charge on any atom is -0.497 e. The molecule has 1 aromatic heterocycles. The second-order valence-corrected chi connectivity index (χ2v) is 8.39. The number of hydrogen-bond donors (Lipinski definition) is 2. The van der Waals surface area contributed by atoms with Gasteiger partial charge < -0.3 is 19.8 Å². The van der Waals surface area contributed by atoms with Gasteiger partial charge in [0.25, 0.3) is 0 Å². The van der Waals surface area contributed by atoms with E-state index in [1.807, 2.05) is 49.4 Å². The number of ether oxygens (including phenoxy) is 2. The standard InChI is InChI=1S/C24H26N2O3/c1-14-21(17-12-15(28-5)10-11-19(17)26-14)23-18(13-25-24(2,3)4)22(27)16-8-6-7-9-20(16)29-23/h6-13,23,25-26H,1-5H3/b18-13+. The zero-order valence-corrected chi connectivity index (χ0v) is 17.4. The first-order valence-electron chi connectivity index (χ1n) is 9.73. The van der Waals surface area contributed by atoms with E-state index in [0.29, 0.717) is 16.9 Å². The first-order chi connectivity index (χ1) is 13.8. The molecule has 0 saturated heterocycles. The molecule has 2 N–H and O–H groups in total. The fourth-order valence-electron chi connectivity index (χ4n) is 3.66. The molecule has 150 valence electrons. The van der Waals surface area contributed by atoms with Crippen LogP contribution in [0.15, 0.2) is 54.2 Å². The van der Waals surface area contributed by atoms with Crippen molar-refractivity contribution in [3.63, 3.8) is 0 Å². The minimum atomic E-state index is -0.520. The van der Waals surface area contributed by atoms with Gasteiger partial charge in [0.2, 0.25) is 0 Å². The monoisotopic (exact) mass is 390 g/mol. The Balaban J connectivity index is 1.91. The summed E-state index contributed by atoms with van der Waals surface area (Å²) >= 11 is 0. The van der Waals surface area contributed by atoms with Crippen LogP contribution in [0.25, 0.3) is 10.9 Å². The molecule has 0 radical (unpaired) electrons. The van der Waals surface area contributed by atoms with Gasteiger partial charge in [-0.15, -0.1) is 0 Å². The summed E-state index contributed by atoms with van der Waals surface area (Å²) in [6, 6.07) is 13.3. The van der Waals surface area contributed by atoms with Crippen LogP contribution in [-0.2, 0) is 0 Å². The summed E-state index contributed by atoms with van der Waals surface area (Å²) in [5.74, 6) is 1.34. The largest absolute Gasteiger partial charge is 0.497 e. The SMILES string of the molecule is COc1ccc2[nH]c(C)c(C3Oc4ccccc4C(=O)/C3=C\NC(C)(C)C)c2c1. The van der Waals surface area contributed by atoms with E-state index in [2.05, 4.69) is 31.1 Å². The van der Waals surface area contributed by atoms with Gasteiger partial charge in [0.1, 0.15) is 11.5 Å². The van der Waals surface area contributed by atoms with Gasteiger partial charge in [-0.25, -0.2) is 0 Å². The molecule has 0 spiro atoms. The van der Waals surface area contributed by atoms with Gasteiger partial charge in [-0.05, 0) is 58.0 Å². The number of aryl methyl sites for hydroxylation is 1. The second-order valence-electron chi connectivity index (χ2n) is 8.39. The summed E-state index contributed by atoms with van der Waals surface area (Å²) < 4.78 is 11.8. The third-order valence-electron chi connectivity index (χ3n) is 5.09. The van der Waals surface area contributed by atoms with Crippen molar-refractivity contribution in [2.45, 2.75) is 39.3 Å². The number of rotatable bonds is 3. The minimum absolute atomic E-state index is 0.0229. The molecule has 1 unspecified atom stereocenters. The lowest BCUT2D eigenvalue weighted by molar-refractivity contribution is 0.0960. The molecule has 0 aliphatic carbocycles. The lowest BCUT2D eigenvalue weighted by Crippen LogP contribution is -2.34. The Hall–Kier alpha value is -3.21. The van der Waals surface area contributed by atoms with Crippen molar-refractivity contribution < 1.29 is 14.3 Å². The normalized spacial score (nSPS) is 17.9. The highest BCUT2D eigenvalue weighted by Crippen LogP contribution is 2.42. The molecule has 4 rings (SSSR count). The Morgan fingerprint density at radius 1 is 1.17 bits per heavy atom. The van der Waals surface area contributed by atoms with Gasteiger partial charge in [-0.1, -0.05) is 12.1 Å². The Morgan fingerprint density at radius 3 is 2.66 bits per heavy atom. The van der Waals surface area contributed by atoms with Crippen molar-refractivity contribution in [1.29, 1.82) is 0 Å². The third kappa shape index (κ3) is 3.48. The number of methoxy groups -OCH3 is 1. The lowest BCUT2D eigenvalue weighted by Gasteiger charge is -2.29. The van der Waals surface area contributed by atoms with E-state index < -0.39 is 6.10 Å². The summed E-state index contributed by atoms with van der Waals surface area (Å²) in [6.07, 6.45) is 1.29. The molecule has 0 fully saturated rings. The predicted molar refractivity (Wildman–Crippen MR) is 115 cm³/mol. The summed E-state index contributed by atoms with van der Waals surface area (Å²) in [5.41, 5.74) is 3.89. The number of para-hydroxylation sites is 1. The van der Waals surface area contributed by atoms with Crippen LogP contribution in [-0.4, -0.2) is 23.4 Å². The molecular formula is C24H26N2O3. The number of Topliss-reactive ketones (excluding diaryl/α,β-unsaturated/α-hetero) is 1. The number of carbonyl (C=O) groups is 1. The second kappa shape index (κ2) is 6.99. The molecule has 0 amide bonds. The highest BCUT2D eigenvalue weighted by molar-refractivity contribution is 6.12. The molecule has 0 bridgehead atoms. The average molecular weight is 390 g/mol. The molecule has 1 atom stereocenters. The van der Waals surface area contributed by atoms with Crippen LogP contribution in [0.3, 0.4) is 0 Å². The van der Waals surface area contributed by atoms with Crippen molar-refractivity contribution in [1.82, 2.24) is 10.3 Å². The Labute approximate surface area is 170 Å². The average Bonchev–Trinajstić information content (AvgIpc) is 3.01. The molecule has 2 aromatic carbocycles. The quantitative estimate of drug-likeness (QED) is 0.613. The van der Waals surface area contributed by atoms with Gasteiger partial charge in [-0.2, -0.15) is 0 Å². The van der Waals surface area contributed by atoms with E-state index in [9.17, 15) is 4.79 Å². The number of fused-ring (bicyclic) bond motifs is 2. The summed E-state index contributed by atoms with van der Waals surface area (Å²) in [5, 5.41) is 4.32. The molecular weight excluding hydrogens is 364 g/mol. The predicted octanol–water partition coefficient (Wildman–Crippen LogP) is 5.07. The van der Waals surface area contributed by atoms with Gasteiger partial charge in [0.05, 0.1) is 18.2 Å². The summed E-state index contributed by atoms with van der Waals surface area (Å²) in [6.45, 7) is 8.18. The van der Waals surface area contributed by atoms with Crippen molar-refractivity contribution in [3.05, 3.63) is 71.1 Å². The maximum atomic E-state index is 13.4. The van der Waals surface area contributed by atoms with E-state index >= 15 is 0 Å². The topological polar surface area (TPSA) is 63.4 Å². The number of aromatic nitrogens is 1. The van der Waals surface area contributed by atoms with Crippen LogP contribution in [0.1, 0.15) is 48.5 Å². The van der Waals surface area contributed by atoms with Gasteiger partial charge >= 0.3 is 0 Å². The third-order valence-corrected chi connectivity index (χ3v) is 5.09. The molecule has 5 nitrogen and oxygen atoms in total. The van der Waals surface area contributed by atoms with Crippen molar-refractivity contribution in [3.8, 4) is 11.5 Å². The van der Waals surface area contributed by atoms with Gasteiger partial charge in [0.15, 0.2) is 11.9 Å². The highest BCUT2D eigenvalue weighted by Gasteiger charge is 2.35. The van der Waals surface area contributed by atoms with Gasteiger partial charge in [0, 0.05) is 33.9 Å². The zero-order valence-electron chi connectivity index (χ0n) is 17.4. The van der Waals surface area contributed by atoms with Crippen molar-refractivity contribution in [2.24, 2.45) is 0 Å². The van der Waals surface area contributed by atoms with E-state index in [0.717, 1.165) is 27.9 Å². The first kappa shape index (κ1) is 19.1. The van der Waals surface area contributed by atoms with E-state index in [1.54, 1.807) is 13.3 Å². The Morgan fingerprint density at radius 2 is 1.93 bits per heavy atom. The number of benzene rings is 2. The first-order valence-corrected chi connectivity index (χ1v) is 9.73. The fraction of sp³-hybridized carbons (Fsp3) is 0.292. The van der Waals surface area contributed by atoms with E-state index in [4.69, 9.17) is 9.47 Å². The van der Waals surface area contributed by atoms with E-state index in [-0.39, 0.29) is 11.3 Å². The summed E-state index contributed by atoms with van der Waals surface area (Å²) in [4.78, 5) is 16.8. The number of nitrogens with one attached hydrogen (secondary N) is 2. The Bertz CT molecular complexity index is 1120. The van der Waals surface area contributed by atoms with Crippen LogP contribution < -0.4 is 14.8 Å². The molecule has 29 heavy (non-hydrogen) atoms. The summed E-state index contributed by atoms with van der Waals surface area (Å²) in [7, 11) is 1.65. The smallest absolute Gasteiger partial charge is 0.198 e. The molecule has 5 heteroatoms. The van der Waals surface area contributed by atoms with Crippen LogP contribution in [0.5, 0.6) is 11.5 Å². The fourth-order valence-corrected chi connectivity index (χ4v) is 3.66. The van der Waals surface area contributed by atoms with Crippen LogP contribution in [0.2, 0.25) is 0 Å². The van der Waals surface area contributed by atoms with Crippen molar-refractivity contribution >= 4 is 16.7 Å². The van der Waals surface area contributed by atoms with Crippen LogP contribution in [0.4, 0.5) is 0 Å². The number of aromatic amines is 1. The number of carbonyl (C=O) groups excluding carboxylic acids is 1. The molecule has 3 aromatic rings. The maximum Gasteiger partial charge on any atom is 0.198 e. The number of ketones is 1. The van der Waals surface area contributed by atoms with Crippen LogP contribution in [0, 0.1) is 6.92 Å². The lowest BCUT2D eigenvalue weighted by atomic mass is 9.90. The van der Waals surface area contributed by atoms with E-state index in [1.165, 1.54) is 0 Å². The van der Waals surface area contributed by atoms with Crippen molar-refractivity contribution in [2.75, 3.05) is 7.11 Å². The molecule has 1 aliphatic rings. The molecule has 1 aliphatic heterocycles. The Kier molecular flexibility index (Phi) is 4.61. The molecule has 2 heterocycles. The van der Waals surface area contributed by atoms with Gasteiger partial charge in [-0.3, -0.25) is 4.79 Å². The maximum absolute atomic E-state index is 13.4.